The molecule has 1 aromatic rings. The van der Waals surface area contributed by atoms with Gasteiger partial charge in [-0.2, -0.15) is 0 Å². The quantitative estimate of drug-likeness (QED) is 0.886. The maximum atomic E-state index is 5.64. The smallest absolute Gasteiger partial charge is 0.121 e. The number of hydrogen-bond donors (Lipinski definition) is 1. The molecule has 1 aliphatic rings. The number of piperidine rings is 1. The van der Waals surface area contributed by atoms with Gasteiger partial charge in [0.25, 0.3) is 0 Å². The third-order valence-electron chi connectivity index (χ3n) is 4.15. The first-order chi connectivity index (χ1) is 9.22. The molecule has 2 rings (SSSR count). The van der Waals surface area contributed by atoms with E-state index in [1.54, 1.807) is 7.11 Å². The van der Waals surface area contributed by atoms with Crippen LogP contribution in [0.5, 0.6) is 5.75 Å². The Morgan fingerprint density at radius 2 is 2.05 bits per heavy atom. The standard InChI is InChI=1S/C16H26N2O/c1-13-11-15(3-4-16(13)19-2)12-18-9-6-14(5-8-17)7-10-18/h3-4,11,14H,5-10,12,17H2,1-2H3. The van der Waals surface area contributed by atoms with E-state index >= 15 is 0 Å². The molecule has 0 aromatic heterocycles. The highest BCUT2D eigenvalue weighted by Gasteiger charge is 2.18. The Bertz CT molecular complexity index is 398. The van der Waals surface area contributed by atoms with E-state index in [0.717, 1.165) is 24.8 Å². The average molecular weight is 262 g/mol. The molecule has 1 saturated heterocycles. The van der Waals surface area contributed by atoms with Gasteiger partial charge in [0.15, 0.2) is 0 Å². The summed E-state index contributed by atoms with van der Waals surface area (Å²) < 4.78 is 5.31. The van der Waals surface area contributed by atoms with Gasteiger partial charge < -0.3 is 10.5 Å². The molecule has 0 atom stereocenters. The monoisotopic (exact) mass is 262 g/mol. The lowest BCUT2D eigenvalue weighted by Crippen LogP contribution is -2.33. The molecular weight excluding hydrogens is 236 g/mol. The van der Waals surface area contributed by atoms with Gasteiger partial charge in [0, 0.05) is 6.54 Å². The Kier molecular flexibility index (Phi) is 5.23. The van der Waals surface area contributed by atoms with E-state index < -0.39 is 0 Å². The topological polar surface area (TPSA) is 38.5 Å². The predicted molar refractivity (Wildman–Crippen MR) is 79.4 cm³/mol. The van der Waals surface area contributed by atoms with Crippen LogP contribution in [0, 0.1) is 12.8 Å². The summed E-state index contributed by atoms with van der Waals surface area (Å²) in [6.45, 7) is 6.41. The van der Waals surface area contributed by atoms with Gasteiger partial charge in [-0.25, -0.2) is 0 Å². The van der Waals surface area contributed by atoms with Gasteiger partial charge >= 0.3 is 0 Å². The first-order valence-corrected chi connectivity index (χ1v) is 7.29. The lowest BCUT2D eigenvalue weighted by atomic mass is 9.93. The van der Waals surface area contributed by atoms with Crippen molar-refractivity contribution in [2.24, 2.45) is 11.7 Å². The highest BCUT2D eigenvalue weighted by atomic mass is 16.5. The Morgan fingerprint density at radius 3 is 2.63 bits per heavy atom. The zero-order valence-corrected chi connectivity index (χ0v) is 12.2. The van der Waals surface area contributed by atoms with Crippen LogP contribution in [0.15, 0.2) is 18.2 Å². The van der Waals surface area contributed by atoms with E-state index in [1.807, 2.05) is 0 Å². The Labute approximate surface area is 116 Å². The minimum absolute atomic E-state index is 0.836. The molecule has 1 fully saturated rings. The number of likely N-dealkylation sites (tertiary alicyclic amines) is 1. The molecule has 106 valence electrons. The SMILES string of the molecule is COc1ccc(CN2CCC(CCN)CC2)cc1C. The van der Waals surface area contributed by atoms with Crippen LogP contribution in [0.3, 0.4) is 0 Å². The number of hydrogen-bond acceptors (Lipinski definition) is 3. The fourth-order valence-electron chi connectivity index (χ4n) is 2.97. The summed E-state index contributed by atoms with van der Waals surface area (Å²) >= 11 is 0. The van der Waals surface area contributed by atoms with E-state index in [1.165, 1.54) is 43.5 Å². The van der Waals surface area contributed by atoms with Crippen molar-refractivity contribution in [2.75, 3.05) is 26.7 Å². The molecule has 0 saturated carbocycles. The molecule has 0 bridgehead atoms. The van der Waals surface area contributed by atoms with Crippen LogP contribution in [-0.4, -0.2) is 31.6 Å². The van der Waals surface area contributed by atoms with Crippen molar-refractivity contribution in [3.05, 3.63) is 29.3 Å². The number of rotatable bonds is 5. The van der Waals surface area contributed by atoms with Gasteiger partial charge in [-0.3, -0.25) is 4.90 Å². The zero-order chi connectivity index (χ0) is 13.7. The van der Waals surface area contributed by atoms with Crippen LogP contribution in [0.1, 0.15) is 30.4 Å². The van der Waals surface area contributed by atoms with Gasteiger partial charge in [-0.05, 0) is 68.9 Å². The number of benzene rings is 1. The first kappa shape index (κ1) is 14.4. The molecule has 19 heavy (non-hydrogen) atoms. The van der Waals surface area contributed by atoms with Crippen molar-refractivity contribution in [3.63, 3.8) is 0 Å². The molecule has 0 aliphatic carbocycles. The second-order valence-electron chi connectivity index (χ2n) is 5.60. The van der Waals surface area contributed by atoms with Crippen molar-refractivity contribution < 1.29 is 4.74 Å². The van der Waals surface area contributed by atoms with Gasteiger partial charge in [0.2, 0.25) is 0 Å². The van der Waals surface area contributed by atoms with Crippen LogP contribution in [0.2, 0.25) is 0 Å². The van der Waals surface area contributed by atoms with Crippen molar-refractivity contribution in [1.82, 2.24) is 4.90 Å². The van der Waals surface area contributed by atoms with E-state index in [2.05, 4.69) is 30.0 Å². The summed E-state index contributed by atoms with van der Waals surface area (Å²) in [7, 11) is 1.73. The predicted octanol–water partition coefficient (Wildman–Crippen LogP) is 2.56. The number of nitrogens with zero attached hydrogens (tertiary/aromatic N) is 1. The van der Waals surface area contributed by atoms with Crippen LogP contribution >= 0.6 is 0 Å². The molecule has 1 heterocycles. The van der Waals surface area contributed by atoms with E-state index in [-0.39, 0.29) is 0 Å². The first-order valence-electron chi connectivity index (χ1n) is 7.29. The largest absolute Gasteiger partial charge is 0.496 e. The highest BCUT2D eigenvalue weighted by molar-refractivity contribution is 5.36. The molecule has 0 unspecified atom stereocenters. The van der Waals surface area contributed by atoms with Gasteiger partial charge in [-0.1, -0.05) is 12.1 Å². The average Bonchev–Trinajstić information content (AvgIpc) is 2.42. The Balaban J connectivity index is 1.87. The molecular formula is C16H26N2O. The fraction of sp³-hybridized carbons (Fsp3) is 0.625. The minimum Gasteiger partial charge on any atom is -0.496 e. The number of ether oxygens (including phenoxy) is 1. The van der Waals surface area contributed by atoms with Crippen molar-refractivity contribution in [1.29, 1.82) is 0 Å². The van der Waals surface area contributed by atoms with E-state index in [4.69, 9.17) is 10.5 Å². The summed E-state index contributed by atoms with van der Waals surface area (Å²) in [6, 6.07) is 6.49. The highest BCUT2D eigenvalue weighted by Crippen LogP contribution is 2.23. The van der Waals surface area contributed by atoms with E-state index in [0.29, 0.717) is 0 Å². The number of aryl methyl sites for hydroxylation is 1. The molecule has 2 N–H and O–H groups in total. The van der Waals surface area contributed by atoms with Crippen LogP contribution in [0.4, 0.5) is 0 Å². The normalized spacial score (nSPS) is 17.6. The lowest BCUT2D eigenvalue weighted by Gasteiger charge is -2.31. The lowest BCUT2D eigenvalue weighted by molar-refractivity contribution is 0.173. The molecule has 1 aliphatic heterocycles. The van der Waals surface area contributed by atoms with Crippen molar-refractivity contribution in [3.8, 4) is 5.75 Å². The minimum atomic E-state index is 0.836. The molecule has 1 aromatic carbocycles. The molecule has 0 radical (unpaired) electrons. The summed E-state index contributed by atoms with van der Waals surface area (Å²) in [5, 5.41) is 0. The maximum Gasteiger partial charge on any atom is 0.121 e. The molecule has 3 nitrogen and oxygen atoms in total. The van der Waals surface area contributed by atoms with Crippen molar-refractivity contribution >= 4 is 0 Å². The van der Waals surface area contributed by atoms with Crippen LogP contribution in [-0.2, 0) is 6.54 Å². The Morgan fingerprint density at radius 1 is 1.32 bits per heavy atom. The van der Waals surface area contributed by atoms with Gasteiger partial charge in [-0.15, -0.1) is 0 Å². The van der Waals surface area contributed by atoms with E-state index in [9.17, 15) is 0 Å². The zero-order valence-electron chi connectivity index (χ0n) is 12.2. The summed E-state index contributed by atoms with van der Waals surface area (Å²) in [6.07, 6.45) is 3.79. The summed E-state index contributed by atoms with van der Waals surface area (Å²) in [5.41, 5.74) is 8.24. The van der Waals surface area contributed by atoms with Crippen molar-refractivity contribution in [2.45, 2.75) is 32.7 Å². The summed E-state index contributed by atoms with van der Waals surface area (Å²) in [5.74, 6) is 1.82. The second-order valence-corrected chi connectivity index (χ2v) is 5.60. The van der Waals surface area contributed by atoms with Crippen LogP contribution in [0.25, 0.3) is 0 Å². The fourth-order valence-corrected chi connectivity index (χ4v) is 2.97. The molecule has 0 spiro atoms. The third-order valence-corrected chi connectivity index (χ3v) is 4.15. The molecule has 0 amide bonds. The Hall–Kier alpha value is -1.06. The maximum absolute atomic E-state index is 5.64. The molecule has 3 heteroatoms. The van der Waals surface area contributed by atoms with Gasteiger partial charge in [0.1, 0.15) is 5.75 Å². The van der Waals surface area contributed by atoms with Gasteiger partial charge in [0.05, 0.1) is 7.11 Å². The second kappa shape index (κ2) is 6.92. The number of methoxy groups -OCH3 is 1. The number of nitrogens with two attached hydrogens (primary N) is 1. The van der Waals surface area contributed by atoms with Crippen LogP contribution < -0.4 is 10.5 Å². The third kappa shape index (κ3) is 3.95. The summed E-state index contributed by atoms with van der Waals surface area (Å²) in [4.78, 5) is 2.55.